The Kier molecular flexibility index (Phi) is 6.32. The van der Waals surface area contributed by atoms with Crippen LogP contribution in [0.15, 0.2) is 0 Å². The van der Waals surface area contributed by atoms with Crippen LogP contribution in [0, 0.1) is 0 Å². The van der Waals surface area contributed by atoms with Crippen molar-refractivity contribution in [2.24, 2.45) is 0 Å². The molecule has 0 spiro atoms. The molecule has 1 aliphatic carbocycles. The number of ether oxygens (including phenoxy) is 1. The van der Waals surface area contributed by atoms with Crippen molar-refractivity contribution < 1.29 is 9.53 Å². The van der Waals surface area contributed by atoms with Crippen LogP contribution in [0.1, 0.15) is 66.7 Å². The molecular formula is C18H35N3O2. The van der Waals surface area contributed by atoms with Crippen molar-refractivity contribution in [3.63, 3.8) is 0 Å². The quantitative estimate of drug-likeness (QED) is 0.834. The van der Waals surface area contributed by atoms with Gasteiger partial charge in [-0.2, -0.15) is 0 Å². The third-order valence-electron chi connectivity index (χ3n) is 4.88. The fraction of sp³-hybridized carbons (Fsp3) is 0.944. The van der Waals surface area contributed by atoms with Gasteiger partial charge in [0.1, 0.15) is 5.60 Å². The van der Waals surface area contributed by atoms with Gasteiger partial charge in [-0.15, -0.1) is 0 Å². The van der Waals surface area contributed by atoms with Gasteiger partial charge in [-0.3, -0.25) is 0 Å². The number of piperidine rings is 1. The molecular weight excluding hydrogens is 290 g/mol. The summed E-state index contributed by atoms with van der Waals surface area (Å²) in [6.45, 7) is 12.6. The molecule has 23 heavy (non-hydrogen) atoms. The Morgan fingerprint density at radius 1 is 1.04 bits per heavy atom. The largest absolute Gasteiger partial charge is 0.444 e. The number of hydrogen-bond donors (Lipinski definition) is 2. The Bertz CT molecular complexity index is 384. The zero-order chi connectivity index (χ0) is 17.0. The van der Waals surface area contributed by atoms with Gasteiger partial charge in [0.05, 0.1) is 0 Å². The summed E-state index contributed by atoms with van der Waals surface area (Å²) in [5, 5.41) is 6.83. The molecule has 0 aromatic heterocycles. The number of rotatable bonds is 4. The lowest BCUT2D eigenvalue weighted by Gasteiger charge is -2.36. The highest BCUT2D eigenvalue weighted by Crippen LogP contribution is 2.22. The Labute approximate surface area is 141 Å². The maximum atomic E-state index is 11.9. The van der Waals surface area contributed by atoms with Crippen LogP contribution in [-0.4, -0.2) is 53.9 Å². The van der Waals surface area contributed by atoms with E-state index in [-0.39, 0.29) is 12.1 Å². The van der Waals surface area contributed by atoms with E-state index in [4.69, 9.17) is 4.74 Å². The van der Waals surface area contributed by atoms with Crippen LogP contribution in [0.5, 0.6) is 0 Å². The van der Waals surface area contributed by atoms with Crippen LogP contribution in [-0.2, 0) is 4.74 Å². The fourth-order valence-corrected chi connectivity index (χ4v) is 3.65. The van der Waals surface area contributed by atoms with Crippen molar-refractivity contribution in [2.45, 2.75) is 96.5 Å². The first-order valence-corrected chi connectivity index (χ1v) is 9.22. The first-order valence-electron chi connectivity index (χ1n) is 9.22. The third-order valence-corrected chi connectivity index (χ3v) is 4.88. The van der Waals surface area contributed by atoms with E-state index in [0.29, 0.717) is 18.1 Å². The highest BCUT2D eigenvalue weighted by atomic mass is 16.6. The normalized spacial score (nSPS) is 27.4. The van der Waals surface area contributed by atoms with E-state index >= 15 is 0 Å². The third kappa shape index (κ3) is 6.30. The molecule has 2 N–H and O–H groups in total. The molecule has 1 aliphatic heterocycles. The van der Waals surface area contributed by atoms with Crippen LogP contribution in [0.3, 0.4) is 0 Å². The van der Waals surface area contributed by atoms with Gasteiger partial charge in [0, 0.05) is 24.2 Å². The minimum absolute atomic E-state index is 0.248. The van der Waals surface area contributed by atoms with Crippen molar-refractivity contribution in [1.29, 1.82) is 0 Å². The molecule has 2 unspecified atom stereocenters. The summed E-state index contributed by atoms with van der Waals surface area (Å²) in [6, 6.07) is 2.07. The van der Waals surface area contributed by atoms with Crippen LogP contribution in [0.25, 0.3) is 0 Å². The van der Waals surface area contributed by atoms with Crippen molar-refractivity contribution in [3.05, 3.63) is 0 Å². The lowest BCUT2D eigenvalue weighted by molar-refractivity contribution is 0.0505. The Balaban J connectivity index is 1.67. The predicted molar refractivity (Wildman–Crippen MR) is 93.7 cm³/mol. The Morgan fingerprint density at radius 2 is 1.65 bits per heavy atom. The van der Waals surface area contributed by atoms with Gasteiger partial charge >= 0.3 is 6.09 Å². The highest BCUT2D eigenvalue weighted by Gasteiger charge is 2.30. The molecule has 2 atom stereocenters. The van der Waals surface area contributed by atoms with E-state index in [1.807, 2.05) is 20.8 Å². The Morgan fingerprint density at radius 3 is 2.22 bits per heavy atom. The highest BCUT2D eigenvalue weighted by molar-refractivity contribution is 5.68. The lowest BCUT2D eigenvalue weighted by Crippen LogP contribution is -2.47. The van der Waals surface area contributed by atoms with Crippen molar-refractivity contribution in [3.8, 4) is 0 Å². The zero-order valence-corrected chi connectivity index (χ0v) is 15.5. The molecule has 134 valence electrons. The summed E-state index contributed by atoms with van der Waals surface area (Å²) in [6.07, 6.45) is 5.39. The van der Waals surface area contributed by atoms with E-state index in [0.717, 1.165) is 19.3 Å². The Hall–Kier alpha value is -0.810. The van der Waals surface area contributed by atoms with Gasteiger partial charge in [-0.25, -0.2) is 4.79 Å². The number of hydrogen-bond acceptors (Lipinski definition) is 4. The monoisotopic (exact) mass is 325 g/mol. The van der Waals surface area contributed by atoms with Crippen LogP contribution in [0.2, 0.25) is 0 Å². The molecule has 0 bridgehead atoms. The summed E-state index contributed by atoms with van der Waals surface area (Å²) >= 11 is 0. The van der Waals surface area contributed by atoms with Crippen LogP contribution < -0.4 is 10.6 Å². The van der Waals surface area contributed by atoms with E-state index in [1.54, 1.807) is 0 Å². The second-order valence-corrected chi connectivity index (χ2v) is 8.42. The summed E-state index contributed by atoms with van der Waals surface area (Å²) in [5.41, 5.74) is -0.426. The predicted octanol–water partition coefficient (Wildman–Crippen LogP) is 2.89. The fourth-order valence-electron chi connectivity index (χ4n) is 3.65. The minimum Gasteiger partial charge on any atom is -0.444 e. The first kappa shape index (κ1) is 18.5. The van der Waals surface area contributed by atoms with E-state index in [1.165, 1.54) is 25.9 Å². The number of carbonyl (C=O) groups excluding carboxylic acids is 1. The topological polar surface area (TPSA) is 53.6 Å². The molecule has 1 amide bonds. The molecule has 0 radical (unpaired) electrons. The van der Waals surface area contributed by atoms with Gasteiger partial charge < -0.3 is 20.3 Å². The molecule has 5 nitrogen and oxygen atoms in total. The average molecular weight is 325 g/mol. The van der Waals surface area contributed by atoms with E-state index in [2.05, 4.69) is 29.4 Å². The van der Waals surface area contributed by atoms with Crippen LogP contribution >= 0.6 is 0 Å². The molecule has 2 rings (SSSR count). The second kappa shape index (κ2) is 7.84. The number of alkyl carbamates (subject to hydrolysis) is 1. The van der Waals surface area contributed by atoms with Crippen molar-refractivity contribution >= 4 is 6.09 Å². The minimum atomic E-state index is -0.426. The number of likely N-dealkylation sites (tertiary alicyclic amines) is 1. The van der Waals surface area contributed by atoms with Gasteiger partial charge in [-0.05, 0) is 79.8 Å². The standard InChI is InChI=1S/C18H35N3O2/c1-13(2)21-10-8-14(9-11-21)19-15-6-7-16(12-15)20-17(22)23-18(3,4)5/h13-16,19H,6-12H2,1-5H3,(H,20,22). The van der Waals surface area contributed by atoms with Gasteiger partial charge in [0.25, 0.3) is 0 Å². The molecule has 2 aliphatic rings. The maximum Gasteiger partial charge on any atom is 0.407 e. The van der Waals surface area contributed by atoms with Crippen molar-refractivity contribution in [2.75, 3.05) is 13.1 Å². The molecule has 2 fully saturated rings. The van der Waals surface area contributed by atoms with Crippen molar-refractivity contribution in [1.82, 2.24) is 15.5 Å². The molecule has 1 saturated carbocycles. The molecule has 0 aromatic rings. The summed E-state index contributed by atoms with van der Waals surface area (Å²) in [7, 11) is 0. The first-order chi connectivity index (χ1) is 10.7. The summed E-state index contributed by atoms with van der Waals surface area (Å²) in [5.74, 6) is 0. The van der Waals surface area contributed by atoms with E-state index in [9.17, 15) is 4.79 Å². The van der Waals surface area contributed by atoms with Gasteiger partial charge in [0.15, 0.2) is 0 Å². The molecule has 0 aromatic carbocycles. The molecule has 1 heterocycles. The number of amides is 1. The summed E-state index contributed by atoms with van der Waals surface area (Å²) in [4.78, 5) is 14.4. The lowest BCUT2D eigenvalue weighted by atomic mass is 10.0. The number of nitrogens with zero attached hydrogens (tertiary/aromatic N) is 1. The number of carbonyl (C=O) groups is 1. The second-order valence-electron chi connectivity index (χ2n) is 8.42. The SMILES string of the molecule is CC(C)N1CCC(NC2CCC(NC(=O)OC(C)(C)C)C2)CC1. The molecule has 5 heteroatoms. The zero-order valence-electron chi connectivity index (χ0n) is 15.5. The van der Waals surface area contributed by atoms with Crippen LogP contribution in [0.4, 0.5) is 4.79 Å². The maximum absolute atomic E-state index is 11.9. The summed E-state index contributed by atoms with van der Waals surface area (Å²) < 4.78 is 5.34. The van der Waals surface area contributed by atoms with Gasteiger partial charge in [-0.1, -0.05) is 0 Å². The smallest absolute Gasteiger partial charge is 0.407 e. The number of nitrogens with one attached hydrogen (secondary N) is 2. The van der Waals surface area contributed by atoms with E-state index < -0.39 is 5.60 Å². The average Bonchev–Trinajstić information content (AvgIpc) is 2.84. The van der Waals surface area contributed by atoms with Gasteiger partial charge in [0.2, 0.25) is 0 Å². The molecule has 1 saturated heterocycles.